The third-order valence-corrected chi connectivity index (χ3v) is 5.81. The van der Waals surface area contributed by atoms with Crippen molar-refractivity contribution in [2.24, 2.45) is 0 Å². The largest absolute Gasteiger partial charge is 0.335 e. The second-order valence-electron chi connectivity index (χ2n) is 6.53. The highest BCUT2D eigenvalue weighted by molar-refractivity contribution is 7.99. The Labute approximate surface area is 143 Å². The first-order chi connectivity index (χ1) is 11.2. The molecule has 0 radical (unpaired) electrons. The number of piperidine rings is 1. The molecule has 0 aromatic heterocycles. The maximum absolute atomic E-state index is 12.3. The molecule has 2 aliphatic rings. The van der Waals surface area contributed by atoms with Crippen LogP contribution in [0.25, 0.3) is 0 Å². The number of likely N-dealkylation sites (tertiary alicyclic amines) is 1. The van der Waals surface area contributed by atoms with Crippen LogP contribution in [-0.4, -0.2) is 59.6 Å². The maximum atomic E-state index is 12.3. The quantitative estimate of drug-likeness (QED) is 0.924. The maximum Gasteiger partial charge on any atom is 0.317 e. The van der Waals surface area contributed by atoms with E-state index in [-0.39, 0.29) is 6.03 Å². The average molecular weight is 334 g/mol. The van der Waals surface area contributed by atoms with E-state index < -0.39 is 0 Å². The fourth-order valence-electron chi connectivity index (χ4n) is 3.30. The number of carbonyl (C=O) groups excluding carboxylic acids is 1. The molecule has 2 heterocycles. The van der Waals surface area contributed by atoms with Crippen LogP contribution in [0.1, 0.15) is 24.0 Å². The van der Waals surface area contributed by atoms with Crippen molar-refractivity contribution in [2.75, 3.05) is 37.7 Å². The predicted octanol–water partition coefficient (Wildman–Crippen LogP) is 2.72. The highest BCUT2D eigenvalue weighted by Gasteiger charge is 2.24. The summed E-state index contributed by atoms with van der Waals surface area (Å²) in [6.45, 7) is 7.12. The van der Waals surface area contributed by atoms with Gasteiger partial charge >= 0.3 is 6.03 Å². The molecule has 23 heavy (non-hydrogen) atoms. The van der Waals surface area contributed by atoms with E-state index in [1.165, 1.54) is 11.1 Å². The lowest BCUT2D eigenvalue weighted by Gasteiger charge is -2.34. The third kappa shape index (κ3) is 4.64. The van der Waals surface area contributed by atoms with Crippen LogP contribution in [0.4, 0.5) is 4.79 Å². The minimum Gasteiger partial charge on any atom is -0.335 e. The summed E-state index contributed by atoms with van der Waals surface area (Å²) in [7, 11) is 0. The first-order valence-corrected chi connectivity index (χ1v) is 9.78. The van der Waals surface area contributed by atoms with Gasteiger partial charge in [0, 0.05) is 50.3 Å². The van der Waals surface area contributed by atoms with Crippen LogP contribution in [0.15, 0.2) is 24.3 Å². The van der Waals surface area contributed by atoms with Crippen molar-refractivity contribution in [3.8, 4) is 0 Å². The SMILES string of the molecule is Cc1ccccc1CN1CCC(NC(=O)N2CCSCC2)CC1. The molecule has 0 saturated carbocycles. The Morgan fingerprint density at radius 3 is 2.57 bits per heavy atom. The molecule has 0 bridgehead atoms. The first kappa shape index (κ1) is 16.7. The van der Waals surface area contributed by atoms with Gasteiger partial charge in [0.1, 0.15) is 0 Å². The molecular formula is C18H27N3OS. The van der Waals surface area contributed by atoms with E-state index in [1.54, 1.807) is 0 Å². The smallest absolute Gasteiger partial charge is 0.317 e. The zero-order valence-corrected chi connectivity index (χ0v) is 14.8. The van der Waals surface area contributed by atoms with Crippen molar-refractivity contribution in [1.82, 2.24) is 15.1 Å². The zero-order valence-electron chi connectivity index (χ0n) is 14.0. The van der Waals surface area contributed by atoms with Crippen molar-refractivity contribution in [1.29, 1.82) is 0 Å². The van der Waals surface area contributed by atoms with Gasteiger partial charge in [0.2, 0.25) is 0 Å². The number of hydrogen-bond donors (Lipinski definition) is 1. The molecule has 1 N–H and O–H groups in total. The van der Waals surface area contributed by atoms with Crippen LogP contribution in [-0.2, 0) is 6.54 Å². The number of amides is 2. The lowest BCUT2D eigenvalue weighted by Crippen LogP contribution is -2.50. The Morgan fingerprint density at radius 1 is 1.17 bits per heavy atom. The molecule has 4 nitrogen and oxygen atoms in total. The summed E-state index contributed by atoms with van der Waals surface area (Å²) in [6, 6.07) is 9.09. The summed E-state index contributed by atoms with van der Waals surface area (Å²) in [4.78, 5) is 16.7. The van der Waals surface area contributed by atoms with E-state index in [4.69, 9.17) is 0 Å². The van der Waals surface area contributed by atoms with Gasteiger partial charge in [0.15, 0.2) is 0 Å². The van der Waals surface area contributed by atoms with E-state index >= 15 is 0 Å². The van der Waals surface area contributed by atoms with Gasteiger partial charge in [0.25, 0.3) is 0 Å². The molecule has 2 aliphatic heterocycles. The van der Waals surface area contributed by atoms with E-state index in [0.29, 0.717) is 6.04 Å². The number of hydrogen-bond acceptors (Lipinski definition) is 3. The molecule has 2 amide bonds. The number of nitrogens with zero attached hydrogens (tertiary/aromatic N) is 2. The summed E-state index contributed by atoms with van der Waals surface area (Å²) in [5.41, 5.74) is 2.78. The van der Waals surface area contributed by atoms with Gasteiger partial charge < -0.3 is 10.2 Å². The summed E-state index contributed by atoms with van der Waals surface area (Å²) < 4.78 is 0. The normalized spacial score (nSPS) is 20.5. The van der Waals surface area contributed by atoms with Crippen LogP contribution in [0.2, 0.25) is 0 Å². The van der Waals surface area contributed by atoms with Crippen LogP contribution in [0, 0.1) is 6.92 Å². The number of thioether (sulfide) groups is 1. The molecule has 0 aliphatic carbocycles. The van der Waals surface area contributed by atoms with E-state index in [9.17, 15) is 4.79 Å². The van der Waals surface area contributed by atoms with E-state index in [2.05, 4.69) is 41.4 Å². The van der Waals surface area contributed by atoms with Gasteiger partial charge in [-0.2, -0.15) is 11.8 Å². The highest BCUT2D eigenvalue weighted by atomic mass is 32.2. The molecule has 0 atom stereocenters. The summed E-state index contributed by atoms with van der Waals surface area (Å²) in [6.07, 6.45) is 2.11. The van der Waals surface area contributed by atoms with E-state index in [1.807, 2.05) is 16.7 Å². The Bertz CT molecular complexity index is 523. The van der Waals surface area contributed by atoms with Crippen molar-refractivity contribution >= 4 is 17.8 Å². The van der Waals surface area contributed by atoms with Crippen molar-refractivity contribution in [2.45, 2.75) is 32.4 Å². The van der Waals surface area contributed by atoms with Gasteiger partial charge in [-0.15, -0.1) is 0 Å². The first-order valence-electron chi connectivity index (χ1n) is 8.62. The fraction of sp³-hybridized carbons (Fsp3) is 0.611. The van der Waals surface area contributed by atoms with Crippen LogP contribution in [0.3, 0.4) is 0 Å². The third-order valence-electron chi connectivity index (χ3n) is 4.87. The number of nitrogens with one attached hydrogen (secondary N) is 1. The molecule has 126 valence electrons. The second kappa shape index (κ2) is 8.06. The molecule has 2 saturated heterocycles. The van der Waals surface area contributed by atoms with Crippen LogP contribution >= 0.6 is 11.8 Å². The Kier molecular flexibility index (Phi) is 5.84. The number of rotatable bonds is 3. The van der Waals surface area contributed by atoms with Gasteiger partial charge in [-0.3, -0.25) is 4.90 Å². The Balaban J connectivity index is 1.43. The van der Waals surface area contributed by atoms with E-state index in [0.717, 1.165) is 57.1 Å². The topological polar surface area (TPSA) is 35.6 Å². The molecule has 0 unspecified atom stereocenters. The predicted molar refractivity (Wildman–Crippen MR) is 96.9 cm³/mol. The van der Waals surface area contributed by atoms with Gasteiger partial charge in [-0.25, -0.2) is 4.79 Å². The van der Waals surface area contributed by atoms with Crippen LogP contribution < -0.4 is 5.32 Å². The molecule has 1 aromatic rings. The van der Waals surface area contributed by atoms with Gasteiger partial charge in [-0.1, -0.05) is 24.3 Å². The second-order valence-corrected chi connectivity index (χ2v) is 7.75. The molecule has 2 fully saturated rings. The van der Waals surface area contributed by atoms with Gasteiger partial charge in [0.05, 0.1) is 0 Å². The Hall–Kier alpha value is -1.20. The van der Waals surface area contributed by atoms with Crippen LogP contribution in [0.5, 0.6) is 0 Å². The van der Waals surface area contributed by atoms with Crippen molar-refractivity contribution in [3.05, 3.63) is 35.4 Å². The minimum atomic E-state index is 0.141. The zero-order chi connectivity index (χ0) is 16.1. The number of urea groups is 1. The monoisotopic (exact) mass is 333 g/mol. The molecule has 0 spiro atoms. The van der Waals surface area contributed by atoms with Crippen molar-refractivity contribution in [3.63, 3.8) is 0 Å². The molecule has 1 aromatic carbocycles. The molecular weight excluding hydrogens is 306 g/mol. The lowest BCUT2D eigenvalue weighted by molar-refractivity contribution is 0.171. The summed E-state index contributed by atoms with van der Waals surface area (Å²) in [5.74, 6) is 2.14. The number of benzene rings is 1. The highest BCUT2D eigenvalue weighted by Crippen LogP contribution is 2.17. The average Bonchev–Trinajstić information content (AvgIpc) is 2.59. The standard InChI is InChI=1S/C18H27N3OS/c1-15-4-2-3-5-16(15)14-20-8-6-17(7-9-20)19-18(22)21-10-12-23-13-11-21/h2-5,17H,6-14H2,1H3,(H,19,22). The molecule has 3 rings (SSSR count). The number of carbonyl (C=O) groups is 1. The molecule has 5 heteroatoms. The Morgan fingerprint density at radius 2 is 1.87 bits per heavy atom. The number of aryl methyl sites for hydroxylation is 1. The minimum absolute atomic E-state index is 0.141. The fourth-order valence-corrected chi connectivity index (χ4v) is 4.20. The van der Waals surface area contributed by atoms with Gasteiger partial charge in [-0.05, 0) is 30.9 Å². The summed E-state index contributed by atoms with van der Waals surface area (Å²) >= 11 is 1.94. The van der Waals surface area contributed by atoms with Crippen molar-refractivity contribution < 1.29 is 4.79 Å². The lowest BCUT2D eigenvalue weighted by atomic mass is 10.0. The summed E-state index contributed by atoms with van der Waals surface area (Å²) in [5, 5.41) is 3.24.